The Morgan fingerprint density at radius 3 is 2.60 bits per heavy atom. The molecule has 2 aromatic carbocycles. The highest BCUT2D eigenvalue weighted by atomic mass is 79.9. The van der Waals surface area contributed by atoms with Crippen molar-refractivity contribution in [3.05, 3.63) is 63.9 Å². The monoisotopic (exact) mass is 355 g/mol. The smallest absolute Gasteiger partial charge is 0.128 e. The summed E-state index contributed by atoms with van der Waals surface area (Å²) >= 11 is 9.45. The topological polar surface area (TPSA) is 3.24 Å². The lowest BCUT2D eigenvalue weighted by atomic mass is 10.0. The van der Waals surface area contributed by atoms with Crippen LogP contribution < -0.4 is 4.90 Å². The van der Waals surface area contributed by atoms with E-state index in [0.717, 1.165) is 15.7 Å². The van der Waals surface area contributed by atoms with Crippen LogP contribution in [0, 0.1) is 5.82 Å². The van der Waals surface area contributed by atoms with Crippen molar-refractivity contribution in [1.29, 1.82) is 0 Å². The SMILES string of the molecule is CC(c1ccccc1F)N(C)c1ccc(Br)cc1CCl. The fourth-order valence-electron chi connectivity index (χ4n) is 2.24. The molecule has 1 unspecified atom stereocenters. The van der Waals surface area contributed by atoms with Crippen molar-refractivity contribution < 1.29 is 4.39 Å². The first-order valence-electron chi connectivity index (χ1n) is 6.36. The van der Waals surface area contributed by atoms with Gasteiger partial charge in [0.1, 0.15) is 5.82 Å². The molecule has 0 aliphatic rings. The number of benzene rings is 2. The van der Waals surface area contributed by atoms with Crippen LogP contribution in [0.4, 0.5) is 10.1 Å². The summed E-state index contributed by atoms with van der Waals surface area (Å²) < 4.78 is 14.9. The predicted molar refractivity (Wildman–Crippen MR) is 86.9 cm³/mol. The largest absolute Gasteiger partial charge is 0.367 e. The molecular weight excluding hydrogens is 341 g/mol. The van der Waals surface area contributed by atoms with Gasteiger partial charge in [-0.3, -0.25) is 0 Å². The third kappa shape index (κ3) is 3.15. The molecule has 0 aliphatic heterocycles. The Morgan fingerprint density at radius 2 is 1.95 bits per heavy atom. The van der Waals surface area contributed by atoms with Gasteiger partial charge in [0.15, 0.2) is 0 Å². The second kappa shape index (κ2) is 6.59. The molecule has 0 aliphatic carbocycles. The number of alkyl halides is 1. The molecule has 0 radical (unpaired) electrons. The normalized spacial score (nSPS) is 12.2. The van der Waals surface area contributed by atoms with Gasteiger partial charge in [0.2, 0.25) is 0 Å². The van der Waals surface area contributed by atoms with E-state index in [1.54, 1.807) is 6.07 Å². The van der Waals surface area contributed by atoms with E-state index >= 15 is 0 Å². The lowest BCUT2D eigenvalue weighted by Gasteiger charge is -2.29. The number of nitrogens with zero attached hydrogens (tertiary/aromatic N) is 1. The Kier molecular flexibility index (Phi) is 5.06. The van der Waals surface area contributed by atoms with Crippen LogP contribution in [-0.2, 0) is 5.88 Å². The molecule has 20 heavy (non-hydrogen) atoms. The van der Waals surface area contributed by atoms with Gasteiger partial charge in [0.05, 0.1) is 6.04 Å². The van der Waals surface area contributed by atoms with E-state index in [9.17, 15) is 4.39 Å². The van der Waals surface area contributed by atoms with E-state index in [-0.39, 0.29) is 11.9 Å². The fraction of sp³-hybridized carbons (Fsp3) is 0.250. The van der Waals surface area contributed by atoms with Gasteiger partial charge in [0, 0.05) is 28.7 Å². The number of hydrogen-bond donors (Lipinski definition) is 0. The molecule has 1 nitrogen and oxygen atoms in total. The minimum Gasteiger partial charge on any atom is -0.367 e. The minimum atomic E-state index is -0.184. The number of anilines is 1. The Bertz CT molecular complexity index is 603. The van der Waals surface area contributed by atoms with E-state index < -0.39 is 0 Å². The summed E-state index contributed by atoms with van der Waals surface area (Å²) in [6.45, 7) is 1.98. The van der Waals surface area contributed by atoms with Crippen molar-refractivity contribution in [1.82, 2.24) is 0 Å². The first kappa shape index (κ1) is 15.3. The number of halogens is 3. The van der Waals surface area contributed by atoms with Crippen molar-refractivity contribution in [2.75, 3.05) is 11.9 Å². The van der Waals surface area contributed by atoms with Gasteiger partial charge in [-0.1, -0.05) is 34.1 Å². The molecule has 106 valence electrons. The Hall–Kier alpha value is -1.06. The maximum absolute atomic E-state index is 13.9. The van der Waals surface area contributed by atoms with Gasteiger partial charge in [-0.05, 0) is 36.8 Å². The van der Waals surface area contributed by atoms with Crippen LogP contribution in [-0.4, -0.2) is 7.05 Å². The predicted octanol–water partition coefficient (Wildman–Crippen LogP) is 5.52. The third-order valence-electron chi connectivity index (χ3n) is 3.50. The summed E-state index contributed by atoms with van der Waals surface area (Å²) in [5.41, 5.74) is 2.71. The van der Waals surface area contributed by atoms with Gasteiger partial charge in [-0.15, -0.1) is 11.6 Å². The average molecular weight is 357 g/mol. The molecule has 2 aromatic rings. The first-order valence-corrected chi connectivity index (χ1v) is 7.69. The standard InChI is InChI=1S/C16H16BrClFN/c1-11(14-5-3-4-6-15(14)19)20(2)16-8-7-13(17)9-12(16)10-18/h3-9,11H,10H2,1-2H3. The zero-order valence-corrected chi connectivity index (χ0v) is 13.7. The molecule has 4 heteroatoms. The van der Waals surface area contributed by atoms with E-state index in [2.05, 4.69) is 15.9 Å². The highest BCUT2D eigenvalue weighted by Crippen LogP contribution is 2.31. The number of rotatable bonds is 4. The van der Waals surface area contributed by atoms with E-state index in [4.69, 9.17) is 11.6 Å². The van der Waals surface area contributed by atoms with Crippen LogP contribution in [0.2, 0.25) is 0 Å². The Balaban J connectivity index is 2.36. The molecule has 0 saturated carbocycles. The third-order valence-corrected chi connectivity index (χ3v) is 4.28. The maximum Gasteiger partial charge on any atom is 0.128 e. The summed E-state index contributed by atoms with van der Waals surface area (Å²) in [6, 6.07) is 12.8. The molecule has 0 heterocycles. The van der Waals surface area contributed by atoms with Gasteiger partial charge in [-0.25, -0.2) is 4.39 Å². The van der Waals surface area contributed by atoms with Crippen LogP contribution >= 0.6 is 27.5 Å². The summed E-state index contributed by atoms with van der Waals surface area (Å²) in [6.07, 6.45) is 0. The number of hydrogen-bond acceptors (Lipinski definition) is 1. The van der Waals surface area contributed by atoms with Crippen LogP contribution in [0.25, 0.3) is 0 Å². The van der Waals surface area contributed by atoms with Crippen molar-refractivity contribution in [3.63, 3.8) is 0 Å². The van der Waals surface area contributed by atoms with Crippen molar-refractivity contribution in [2.45, 2.75) is 18.8 Å². The second-order valence-electron chi connectivity index (χ2n) is 4.72. The van der Waals surface area contributed by atoms with E-state index in [1.807, 2.05) is 49.2 Å². The van der Waals surface area contributed by atoms with Crippen molar-refractivity contribution in [3.8, 4) is 0 Å². The molecule has 0 fully saturated rings. The van der Waals surface area contributed by atoms with Gasteiger partial charge in [-0.2, -0.15) is 0 Å². The van der Waals surface area contributed by atoms with E-state index in [0.29, 0.717) is 11.4 Å². The van der Waals surface area contributed by atoms with Crippen molar-refractivity contribution in [2.24, 2.45) is 0 Å². The lowest BCUT2D eigenvalue weighted by molar-refractivity contribution is 0.585. The molecule has 0 spiro atoms. The maximum atomic E-state index is 13.9. The van der Waals surface area contributed by atoms with Gasteiger partial charge < -0.3 is 4.90 Å². The summed E-state index contributed by atoms with van der Waals surface area (Å²) in [5.74, 6) is 0.236. The molecule has 0 saturated heterocycles. The zero-order chi connectivity index (χ0) is 14.7. The molecule has 0 bridgehead atoms. The second-order valence-corrected chi connectivity index (χ2v) is 5.90. The average Bonchev–Trinajstić information content (AvgIpc) is 2.46. The summed E-state index contributed by atoms with van der Waals surface area (Å²) in [4.78, 5) is 2.04. The molecular formula is C16H16BrClFN. The van der Waals surface area contributed by atoms with Crippen molar-refractivity contribution >= 4 is 33.2 Å². The molecule has 0 amide bonds. The fourth-order valence-corrected chi connectivity index (χ4v) is 2.86. The van der Waals surface area contributed by atoms with Gasteiger partial charge >= 0.3 is 0 Å². The lowest BCUT2D eigenvalue weighted by Crippen LogP contribution is -2.23. The molecule has 0 aromatic heterocycles. The van der Waals surface area contributed by atoms with Gasteiger partial charge in [0.25, 0.3) is 0 Å². The molecule has 2 rings (SSSR count). The highest BCUT2D eigenvalue weighted by molar-refractivity contribution is 9.10. The minimum absolute atomic E-state index is 0.0701. The zero-order valence-electron chi connectivity index (χ0n) is 11.4. The summed E-state index contributed by atoms with van der Waals surface area (Å²) in [7, 11) is 1.95. The Labute approximate surface area is 132 Å². The molecule has 0 N–H and O–H groups in total. The van der Waals surface area contributed by atoms with Crippen LogP contribution in [0.1, 0.15) is 24.1 Å². The first-order chi connectivity index (χ1) is 9.54. The highest BCUT2D eigenvalue weighted by Gasteiger charge is 2.17. The quantitative estimate of drug-likeness (QED) is 0.652. The van der Waals surface area contributed by atoms with Crippen LogP contribution in [0.3, 0.4) is 0 Å². The van der Waals surface area contributed by atoms with Crippen LogP contribution in [0.5, 0.6) is 0 Å². The summed E-state index contributed by atoms with van der Waals surface area (Å²) in [5, 5.41) is 0. The van der Waals surface area contributed by atoms with E-state index in [1.165, 1.54) is 6.07 Å². The molecule has 1 atom stereocenters. The Morgan fingerprint density at radius 1 is 1.25 bits per heavy atom. The van der Waals surface area contributed by atoms with Crippen LogP contribution in [0.15, 0.2) is 46.9 Å².